The van der Waals surface area contributed by atoms with E-state index >= 15 is 0 Å². The molecule has 2 unspecified atom stereocenters. The molecule has 45 heavy (non-hydrogen) atoms. The van der Waals surface area contributed by atoms with Crippen LogP contribution in [-0.4, -0.2) is 130 Å². The number of anilines is 1. The van der Waals surface area contributed by atoms with Crippen LogP contribution in [0.1, 0.15) is 36.8 Å². The van der Waals surface area contributed by atoms with Crippen molar-refractivity contribution in [2.45, 2.75) is 56.7 Å². The third-order valence-corrected chi connectivity index (χ3v) is 10.4. The van der Waals surface area contributed by atoms with E-state index in [1.54, 1.807) is 24.3 Å². The van der Waals surface area contributed by atoms with Crippen LogP contribution in [0.2, 0.25) is 0 Å². The van der Waals surface area contributed by atoms with Gasteiger partial charge in [-0.1, -0.05) is 30.3 Å². The van der Waals surface area contributed by atoms with Gasteiger partial charge in [0, 0.05) is 76.2 Å². The number of para-hydroxylation sites is 1. The molecule has 11 heteroatoms. The minimum Gasteiger partial charge on any atom is -0.508 e. The molecule has 6 rings (SSSR count). The van der Waals surface area contributed by atoms with Crippen LogP contribution in [-0.2, 0) is 17.6 Å². The Kier molecular flexibility index (Phi) is 9.46. The lowest BCUT2D eigenvalue weighted by Crippen LogP contribution is -2.59. The highest BCUT2D eigenvalue weighted by Gasteiger charge is 2.44. The summed E-state index contributed by atoms with van der Waals surface area (Å²) in [6.07, 6.45) is 2.75. The number of benzene rings is 2. The number of rotatable bonds is 6. The SMILES string of the molecule is CN1CCN(C2CCN(C(=O)C(Cc3ccc(O)cc3)[C@H]3CC(N4CCc5ccccc5NC4=O)CCN3C(=O)O)CC2)CC1. The maximum absolute atomic E-state index is 14.5. The number of carboxylic acid groups (broad SMARTS) is 1. The Hall–Kier alpha value is -3.83. The van der Waals surface area contributed by atoms with Crippen molar-refractivity contribution < 1.29 is 24.6 Å². The minimum absolute atomic E-state index is 0.0236. The molecule has 4 amide bonds. The van der Waals surface area contributed by atoms with Crippen LogP contribution in [0.25, 0.3) is 0 Å². The molecular formula is C34H46N6O5. The minimum atomic E-state index is -1.04. The Balaban J connectivity index is 1.22. The number of likely N-dealkylation sites (N-methyl/N-ethyl adjacent to an activating group) is 1. The first-order chi connectivity index (χ1) is 21.8. The molecule has 2 aromatic rings. The molecule has 0 bridgehead atoms. The van der Waals surface area contributed by atoms with Gasteiger partial charge in [0.2, 0.25) is 5.91 Å². The van der Waals surface area contributed by atoms with Crippen LogP contribution in [0, 0.1) is 5.92 Å². The number of phenols is 1. The van der Waals surface area contributed by atoms with Crippen molar-refractivity contribution in [3.8, 4) is 5.75 Å². The van der Waals surface area contributed by atoms with Crippen LogP contribution in [0.4, 0.5) is 15.3 Å². The molecule has 0 radical (unpaired) electrons. The molecule has 242 valence electrons. The third-order valence-electron chi connectivity index (χ3n) is 10.4. The van der Waals surface area contributed by atoms with Crippen LogP contribution in [0.15, 0.2) is 48.5 Å². The van der Waals surface area contributed by atoms with Gasteiger partial charge in [0.25, 0.3) is 0 Å². The zero-order chi connectivity index (χ0) is 31.5. The average Bonchev–Trinajstić information content (AvgIpc) is 3.22. The number of hydrogen-bond acceptors (Lipinski definition) is 6. The molecule has 0 saturated carbocycles. The van der Waals surface area contributed by atoms with E-state index in [9.17, 15) is 24.6 Å². The number of nitrogens with zero attached hydrogens (tertiary/aromatic N) is 5. The number of amides is 4. The van der Waals surface area contributed by atoms with Crippen molar-refractivity contribution >= 4 is 23.7 Å². The van der Waals surface area contributed by atoms with E-state index in [0.29, 0.717) is 51.4 Å². The van der Waals surface area contributed by atoms with Gasteiger partial charge in [0.05, 0.1) is 5.92 Å². The predicted octanol–water partition coefficient (Wildman–Crippen LogP) is 3.39. The highest BCUT2D eigenvalue weighted by molar-refractivity contribution is 5.91. The zero-order valence-corrected chi connectivity index (χ0v) is 26.2. The summed E-state index contributed by atoms with van der Waals surface area (Å²) in [5.74, 6) is -0.490. The Morgan fingerprint density at radius 2 is 1.58 bits per heavy atom. The van der Waals surface area contributed by atoms with Gasteiger partial charge in [0.1, 0.15) is 5.75 Å². The number of piperidine rings is 2. The maximum Gasteiger partial charge on any atom is 0.407 e. The van der Waals surface area contributed by atoms with Crippen molar-refractivity contribution in [2.24, 2.45) is 5.92 Å². The van der Waals surface area contributed by atoms with E-state index in [0.717, 1.165) is 55.8 Å². The summed E-state index contributed by atoms with van der Waals surface area (Å²) in [6, 6.07) is 14.1. The first kappa shape index (κ1) is 31.2. The standard InChI is InChI=1S/C34H46N6O5/c1-36-18-20-37(21-19-36)26-11-14-38(15-12-26)32(42)29(22-24-6-8-28(41)9-7-24)31-23-27(13-17-40(31)34(44)45)39-16-10-25-4-2-3-5-30(25)35-33(39)43/h2-9,26-27,29,31,41H,10-23H2,1H3,(H,35,43)(H,44,45)/t27?,29?,31-/m1/s1. The molecule has 4 heterocycles. The molecule has 2 aromatic carbocycles. The summed E-state index contributed by atoms with van der Waals surface area (Å²) in [5, 5.41) is 23.3. The summed E-state index contributed by atoms with van der Waals surface area (Å²) in [5.41, 5.74) is 2.76. The quantitative estimate of drug-likeness (QED) is 0.454. The van der Waals surface area contributed by atoms with Gasteiger partial charge in [-0.25, -0.2) is 9.59 Å². The Morgan fingerprint density at radius 1 is 0.889 bits per heavy atom. The molecule has 4 aliphatic rings. The van der Waals surface area contributed by atoms with Crippen LogP contribution in [0.5, 0.6) is 5.75 Å². The van der Waals surface area contributed by atoms with Gasteiger partial charge in [-0.15, -0.1) is 0 Å². The summed E-state index contributed by atoms with van der Waals surface area (Å²) >= 11 is 0. The van der Waals surface area contributed by atoms with Gasteiger partial charge in [0.15, 0.2) is 0 Å². The highest BCUT2D eigenvalue weighted by Crippen LogP contribution is 2.33. The van der Waals surface area contributed by atoms with Gasteiger partial charge in [-0.3, -0.25) is 9.69 Å². The molecule has 4 aliphatic heterocycles. The van der Waals surface area contributed by atoms with E-state index in [2.05, 4.69) is 22.2 Å². The van der Waals surface area contributed by atoms with E-state index in [4.69, 9.17) is 0 Å². The number of carbonyl (C=O) groups excluding carboxylic acids is 2. The van der Waals surface area contributed by atoms with E-state index in [1.165, 1.54) is 4.90 Å². The summed E-state index contributed by atoms with van der Waals surface area (Å²) in [4.78, 5) is 50.6. The maximum atomic E-state index is 14.5. The van der Waals surface area contributed by atoms with Crippen molar-refractivity contribution in [1.29, 1.82) is 0 Å². The van der Waals surface area contributed by atoms with Crippen molar-refractivity contribution in [3.63, 3.8) is 0 Å². The summed E-state index contributed by atoms with van der Waals surface area (Å²) < 4.78 is 0. The lowest BCUT2D eigenvalue weighted by Gasteiger charge is -2.46. The van der Waals surface area contributed by atoms with E-state index < -0.39 is 18.1 Å². The van der Waals surface area contributed by atoms with Gasteiger partial charge in [-0.2, -0.15) is 0 Å². The second-order valence-corrected chi connectivity index (χ2v) is 13.1. The van der Waals surface area contributed by atoms with Gasteiger partial charge in [-0.05, 0) is 74.9 Å². The third kappa shape index (κ3) is 7.04. The number of piperazine rings is 1. The second kappa shape index (κ2) is 13.7. The van der Waals surface area contributed by atoms with Crippen LogP contribution < -0.4 is 5.32 Å². The fraction of sp³-hybridized carbons (Fsp3) is 0.559. The number of carbonyl (C=O) groups is 3. The normalized spacial score (nSPS) is 24.5. The van der Waals surface area contributed by atoms with E-state index in [1.807, 2.05) is 34.1 Å². The Labute approximate surface area is 265 Å². The molecule has 0 aromatic heterocycles. The number of urea groups is 1. The van der Waals surface area contributed by atoms with Crippen molar-refractivity contribution in [1.82, 2.24) is 24.5 Å². The first-order valence-electron chi connectivity index (χ1n) is 16.4. The number of nitrogens with one attached hydrogen (secondary N) is 1. The van der Waals surface area contributed by atoms with Crippen molar-refractivity contribution in [3.05, 3.63) is 59.7 Å². The summed E-state index contributed by atoms with van der Waals surface area (Å²) in [6.45, 7) is 6.30. The monoisotopic (exact) mass is 618 g/mol. The second-order valence-electron chi connectivity index (χ2n) is 13.1. The van der Waals surface area contributed by atoms with Crippen molar-refractivity contribution in [2.75, 3.05) is 64.7 Å². The number of hydrogen-bond donors (Lipinski definition) is 3. The Bertz CT molecular complexity index is 1360. The fourth-order valence-electron chi connectivity index (χ4n) is 7.76. The number of aromatic hydroxyl groups is 1. The molecular weight excluding hydrogens is 572 g/mol. The highest BCUT2D eigenvalue weighted by atomic mass is 16.4. The van der Waals surface area contributed by atoms with Gasteiger partial charge < -0.3 is 35.1 Å². The number of likely N-dealkylation sites (tertiary alicyclic amines) is 2. The molecule has 0 spiro atoms. The van der Waals surface area contributed by atoms with Crippen LogP contribution in [0.3, 0.4) is 0 Å². The summed E-state index contributed by atoms with van der Waals surface area (Å²) in [7, 11) is 2.15. The fourth-order valence-corrected chi connectivity index (χ4v) is 7.76. The Morgan fingerprint density at radius 3 is 2.29 bits per heavy atom. The molecule has 0 aliphatic carbocycles. The van der Waals surface area contributed by atoms with Gasteiger partial charge >= 0.3 is 12.1 Å². The lowest BCUT2D eigenvalue weighted by atomic mass is 9.82. The molecule has 3 N–H and O–H groups in total. The smallest absolute Gasteiger partial charge is 0.407 e. The molecule has 3 fully saturated rings. The molecule has 3 saturated heterocycles. The number of phenolic OH excluding ortho intramolecular Hbond substituents is 1. The number of fused-ring (bicyclic) bond motifs is 1. The lowest BCUT2D eigenvalue weighted by molar-refractivity contribution is -0.140. The molecule has 11 nitrogen and oxygen atoms in total. The topological polar surface area (TPSA) is 120 Å². The average molecular weight is 619 g/mol. The molecule has 3 atom stereocenters. The zero-order valence-electron chi connectivity index (χ0n) is 26.2. The van der Waals surface area contributed by atoms with Crippen LogP contribution >= 0.6 is 0 Å². The van der Waals surface area contributed by atoms with E-state index in [-0.39, 0.29) is 30.3 Å². The predicted molar refractivity (Wildman–Crippen MR) is 171 cm³/mol. The first-order valence-corrected chi connectivity index (χ1v) is 16.4. The largest absolute Gasteiger partial charge is 0.508 e.